The molecule has 0 spiro atoms. The molecular weight excluding hydrogens is 291 g/mol. The molecule has 1 atom stereocenters. The minimum Gasteiger partial charge on any atom is -0.444 e. The van der Waals surface area contributed by atoms with E-state index in [9.17, 15) is 22.8 Å². The van der Waals surface area contributed by atoms with Crippen LogP contribution in [0.4, 0.5) is 18.0 Å². The summed E-state index contributed by atoms with van der Waals surface area (Å²) in [6, 6.07) is 1.32. The second-order valence-corrected chi connectivity index (χ2v) is 5.44. The summed E-state index contributed by atoms with van der Waals surface area (Å²) in [6.07, 6.45) is -6.64. The number of carbonyl (C=O) groups is 2. The van der Waals surface area contributed by atoms with Gasteiger partial charge in [0.1, 0.15) is 5.60 Å². The number of allylic oxidation sites excluding steroid dienone is 1. The lowest BCUT2D eigenvalue weighted by Crippen LogP contribution is -2.65. The van der Waals surface area contributed by atoms with E-state index in [0.717, 1.165) is 6.92 Å². The van der Waals surface area contributed by atoms with Crippen LogP contribution in [0.5, 0.6) is 0 Å². The molecule has 0 aliphatic carbocycles. The zero-order valence-corrected chi connectivity index (χ0v) is 11.8. The maximum absolute atomic E-state index is 13.4. The molecule has 6 nitrogen and oxygen atoms in total. The molecule has 9 heteroatoms. The predicted octanol–water partition coefficient (Wildman–Crippen LogP) is 1.74. The predicted molar refractivity (Wildman–Crippen MR) is 64.6 cm³/mol. The van der Waals surface area contributed by atoms with Crippen LogP contribution in [0.3, 0.4) is 0 Å². The fourth-order valence-corrected chi connectivity index (χ4v) is 1.81. The molecule has 0 aromatic carbocycles. The summed E-state index contributed by atoms with van der Waals surface area (Å²) in [7, 11) is 0. The number of ether oxygens (including phenoxy) is 1. The number of carbonyl (C=O) groups excluding carboxylic acids is 2. The van der Waals surface area contributed by atoms with Crippen molar-refractivity contribution in [2.45, 2.75) is 45.0 Å². The minimum atomic E-state index is -5.20. The van der Waals surface area contributed by atoms with Gasteiger partial charge < -0.3 is 10.1 Å². The largest absolute Gasteiger partial charge is 0.444 e. The standard InChI is InChI=1S/C12H14F3N3O3/c1-6-7(5-16)11(8(19)17-6,12(13,14)15)18-9(20)21-10(2,3)4/h1-4H3,(H,17,19)(H,18,20)/t11-/m1/s1. The van der Waals surface area contributed by atoms with E-state index in [1.807, 2.05) is 5.32 Å². The number of nitriles is 1. The Morgan fingerprint density at radius 1 is 1.38 bits per heavy atom. The number of halogens is 3. The highest BCUT2D eigenvalue weighted by atomic mass is 19.4. The fourth-order valence-electron chi connectivity index (χ4n) is 1.81. The van der Waals surface area contributed by atoms with Gasteiger partial charge in [-0.3, -0.25) is 10.1 Å². The lowest BCUT2D eigenvalue weighted by Gasteiger charge is -2.31. The number of hydrogen-bond acceptors (Lipinski definition) is 4. The first-order valence-corrected chi connectivity index (χ1v) is 5.86. The van der Waals surface area contributed by atoms with E-state index >= 15 is 0 Å². The Morgan fingerprint density at radius 2 is 1.90 bits per heavy atom. The molecule has 2 amide bonds. The number of hydrogen-bond donors (Lipinski definition) is 2. The van der Waals surface area contributed by atoms with E-state index in [2.05, 4.69) is 0 Å². The van der Waals surface area contributed by atoms with Crippen LogP contribution in [0.15, 0.2) is 11.3 Å². The van der Waals surface area contributed by atoms with Gasteiger partial charge >= 0.3 is 12.3 Å². The van der Waals surface area contributed by atoms with Crippen molar-refractivity contribution >= 4 is 12.0 Å². The monoisotopic (exact) mass is 305 g/mol. The lowest BCUT2D eigenvalue weighted by molar-refractivity contribution is -0.186. The molecule has 0 aromatic rings. The molecule has 116 valence electrons. The molecule has 0 saturated carbocycles. The van der Waals surface area contributed by atoms with Gasteiger partial charge in [-0.15, -0.1) is 0 Å². The van der Waals surface area contributed by atoms with Gasteiger partial charge in [-0.25, -0.2) is 4.79 Å². The van der Waals surface area contributed by atoms with E-state index in [0.29, 0.717) is 0 Å². The number of rotatable bonds is 1. The topological polar surface area (TPSA) is 91.2 Å². The third-order valence-electron chi connectivity index (χ3n) is 2.62. The second-order valence-electron chi connectivity index (χ2n) is 5.44. The van der Waals surface area contributed by atoms with Crippen molar-refractivity contribution in [1.82, 2.24) is 10.6 Å². The zero-order chi connectivity index (χ0) is 16.6. The van der Waals surface area contributed by atoms with Crippen LogP contribution in [0.25, 0.3) is 0 Å². The van der Waals surface area contributed by atoms with Crippen molar-refractivity contribution in [2.24, 2.45) is 0 Å². The summed E-state index contributed by atoms with van der Waals surface area (Å²) >= 11 is 0. The Labute approximate surface area is 118 Å². The molecule has 0 radical (unpaired) electrons. The molecule has 0 saturated heterocycles. The van der Waals surface area contributed by atoms with Crippen molar-refractivity contribution in [3.8, 4) is 6.07 Å². The Hall–Kier alpha value is -2.24. The fraction of sp³-hybridized carbons (Fsp3) is 0.583. The van der Waals surface area contributed by atoms with Gasteiger partial charge in [0.25, 0.3) is 11.4 Å². The molecular formula is C12H14F3N3O3. The van der Waals surface area contributed by atoms with E-state index in [4.69, 9.17) is 10.00 Å². The first kappa shape index (κ1) is 16.8. The van der Waals surface area contributed by atoms with Crippen molar-refractivity contribution in [1.29, 1.82) is 5.26 Å². The van der Waals surface area contributed by atoms with Crippen LogP contribution in [0, 0.1) is 11.3 Å². The summed E-state index contributed by atoms with van der Waals surface area (Å²) in [5.41, 5.74) is -5.67. The van der Waals surface area contributed by atoms with Crippen molar-refractivity contribution in [3.63, 3.8) is 0 Å². The average molecular weight is 305 g/mol. The second kappa shape index (κ2) is 4.95. The Bertz CT molecular complexity index is 555. The number of amides is 2. The van der Waals surface area contributed by atoms with Crippen LogP contribution in [0.1, 0.15) is 27.7 Å². The van der Waals surface area contributed by atoms with E-state index in [-0.39, 0.29) is 5.70 Å². The molecule has 0 bridgehead atoms. The maximum atomic E-state index is 13.4. The van der Waals surface area contributed by atoms with Crippen LogP contribution in [-0.4, -0.2) is 29.3 Å². The molecule has 0 unspecified atom stereocenters. The summed E-state index contributed by atoms with van der Waals surface area (Å²) < 4.78 is 44.8. The third-order valence-corrected chi connectivity index (χ3v) is 2.62. The molecule has 21 heavy (non-hydrogen) atoms. The van der Waals surface area contributed by atoms with Gasteiger partial charge in [0, 0.05) is 5.70 Å². The van der Waals surface area contributed by atoms with E-state index in [1.165, 1.54) is 32.2 Å². The van der Waals surface area contributed by atoms with Crippen molar-refractivity contribution in [2.75, 3.05) is 0 Å². The highest BCUT2D eigenvalue weighted by Gasteiger charge is 2.67. The molecule has 2 N–H and O–H groups in total. The lowest BCUT2D eigenvalue weighted by atomic mass is 9.90. The normalized spacial score (nSPS) is 22.7. The van der Waals surface area contributed by atoms with E-state index in [1.54, 1.807) is 0 Å². The van der Waals surface area contributed by atoms with E-state index < -0.39 is 34.9 Å². The first-order valence-electron chi connectivity index (χ1n) is 5.86. The molecule has 1 aliphatic rings. The van der Waals surface area contributed by atoms with Gasteiger partial charge in [-0.05, 0) is 27.7 Å². The highest BCUT2D eigenvalue weighted by Crippen LogP contribution is 2.40. The van der Waals surface area contributed by atoms with Crippen LogP contribution in [0.2, 0.25) is 0 Å². The van der Waals surface area contributed by atoms with Crippen LogP contribution in [-0.2, 0) is 9.53 Å². The van der Waals surface area contributed by atoms with Gasteiger partial charge in [-0.2, -0.15) is 18.4 Å². The molecule has 1 heterocycles. The summed E-state index contributed by atoms with van der Waals surface area (Å²) in [4.78, 5) is 23.4. The highest BCUT2D eigenvalue weighted by molar-refractivity contribution is 6.00. The Morgan fingerprint density at radius 3 is 2.29 bits per heavy atom. The Balaban J connectivity index is 3.29. The SMILES string of the molecule is CC1=C(C#N)[C@](NC(=O)OC(C)(C)C)(C(F)(F)F)C(=O)N1. The van der Waals surface area contributed by atoms with Gasteiger partial charge in [0.05, 0.1) is 11.6 Å². The number of nitrogens with zero attached hydrogens (tertiary/aromatic N) is 1. The molecule has 0 fully saturated rings. The number of alkyl halides is 3. The van der Waals surface area contributed by atoms with Crippen LogP contribution >= 0.6 is 0 Å². The van der Waals surface area contributed by atoms with Gasteiger partial charge in [0.2, 0.25) is 0 Å². The van der Waals surface area contributed by atoms with Gasteiger partial charge in [0.15, 0.2) is 0 Å². The quantitative estimate of drug-likeness (QED) is 0.772. The van der Waals surface area contributed by atoms with Crippen molar-refractivity contribution in [3.05, 3.63) is 11.3 Å². The number of alkyl carbamates (subject to hydrolysis) is 1. The number of nitrogens with one attached hydrogen (secondary N) is 2. The van der Waals surface area contributed by atoms with Gasteiger partial charge in [-0.1, -0.05) is 0 Å². The first-order chi connectivity index (χ1) is 9.35. The van der Waals surface area contributed by atoms with Crippen molar-refractivity contribution < 1.29 is 27.5 Å². The summed E-state index contributed by atoms with van der Waals surface area (Å²) in [5.74, 6) is -1.55. The average Bonchev–Trinajstić information content (AvgIpc) is 2.47. The van der Waals surface area contributed by atoms with Crippen LogP contribution < -0.4 is 10.6 Å². The molecule has 1 rings (SSSR count). The summed E-state index contributed by atoms with van der Waals surface area (Å²) in [5, 5.41) is 12.3. The minimum absolute atomic E-state index is 0.268. The third kappa shape index (κ3) is 2.94. The Kier molecular flexibility index (Phi) is 3.96. The molecule has 1 aliphatic heterocycles. The maximum Gasteiger partial charge on any atom is 0.425 e. The smallest absolute Gasteiger partial charge is 0.425 e. The summed E-state index contributed by atoms with van der Waals surface area (Å²) in [6.45, 7) is 5.50. The molecule has 0 aromatic heterocycles. The zero-order valence-electron chi connectivity index (χ0n) is 11.8.